The van der Waals surface area contributed by atoms with E-state index in [4.69, 9.17) is 23.2 Å². The number of hydrogen-bond donors (Lipinski definition) is 2. The number of halogens is 2. The molecule has 0 radical (unpaired) electrons. The molecule has 132 valence electrons. The number of pyridine rings is 1. The number of anilines is 1. The fourth-order valence-electron chi connectivity index (χ4n) is 2.26. The van der Waals surface area contributed by atoms with Crippen molar-refractivity contribution in [2.75, 3.05) is 5.32 Å². The molecule has 1 atom stereocenters. The SMILES string of the molecule is CC(C)C[C@@H](NC(=O)c1ccc(Cl)cc1Cl)C(=O)Nc1ccccn1. The summed E-state index contributed by atoms with van der Waals surface area (Å²) in [6.07, 6.45) is 2.06. The molecular weight excluding hydrogens is 361 g/mol. The van der Waals surface area contributed by atoms with Crippen molar-refractivity contribution < 1.29 is 9.59 Å². The number of amides is 2. The van der Waals surface area contributed by atoms with Crippen LogP contribution < -0.4 is 10.6 Å². The molecular formula is C18H19Cl2N3O2. The molecule has 2 N–H and O–H groups in total. The van der Waals surface area contributed by atoms with Crippen molar-refractivity contribution in [3.05, 3.63) is 58.2 Å². The van der Waals surface area contributed by atoms with Crippen LogP contribution in [0.15, 0.2) is 42.6 Å². The smallest absolute Gasteiger partial charge is 0.253 e. The van der Waals surface area contributed by atoms with Crippen LogP contribution in [0.25, 0.3) is 0 Å². The summed E-state index contributed by atoms with van der Waals surface area (Å²) in [5, 5.41) is 6.12. The van der Waals surface area contributed by atoms with Crippen molar-refractivity contribution in [1.29, 1.82) is 0 Å². The van der Waals surface area contributed by atoms with Crippen LogP contribution in [-0.2, 0) is 4.79 Å². The van der Waals surface area contributed by atoms with E-state index >= 15 is 0 Å². The van der Waals surface area contributed by atoms with Gasteiger partial charge in [0.15, 0.2) is 0 Å². The van der Waals surface area contributed by atoms with Gasteiger partial charge in [-0.15, -0.1) is 0 Å². The summed E-state index contributed by atoms with van der Waals surface area (Å²) < 4.78 is 0. The van der Waals surface area contributed by atoms with Gasteiger partial charge >= 0.3 is 0 Å². The lowest BCUT2D eigenvalue weighted by molar-refractivity contribution is -0.118. The molecule has 2 rings (SSSR count). The Hall–Kier alpha value is -2.11. The summed E-state index contributed by atoms with van der Waals surface area (Å²) in [5.41, 5.74) is 0.269. The second kappa shape index (κ2) is 8.83. The molecule has 5 nitrogen and oxygen atoms in total. The van der Waals surface area contributed by atoms with E-state index in [2.05, 4.69) is 15.6 Å². The lowest BCUT2D eigenvalue weighted by atomic mass is 10.0. The Labute approximate surface area is 156 Å². The number of aromatic nitrogens is 1. The quantitative estimate of drug-likeness (QED) is 0.790. The third-order valence-electron chi connectivity index (χ3n) is 3.42. The van der Waals surface area contributed by atoms with Gasteiger partial charge in [-0.05, 0) is 42.7 Å². The lowest BCUT2D eigenvalue weighted by Crippen LogP contribution is -2.44. The molecule has 25 heavy (non-hydrogen) atoms. The van der Waals surface area contributed by atoms with Gasteiger partial charge in [-0.2, -0.15) is 0 Å². The molecule has 0 saturated heterocycles. The highest BCUT2D eigenvalue weighted by atomic mass is 35.5. The number of nitrogens with one attached hydrogen (secondary N) is 2. The molecule has 1 heterocycles. The number of benzene rings is 1. The number of carbonyl (C=O) groups excluding carboxylic acids is 2. The molecule has 7 heteroatoms. The first-order valence-corrected chi connectivity index (χ1v) is 8.60. The van der Waals surface area contributed by atoms with Gasteiger partial charge in [0.05, 0.1) is 10.6 Å². The summed E-state index contributed by atoms with van der Waals surface area (Å²) in [6, 6.07) is 9.10. The van der Waals surface area contributed by atoms with Gasteiger partial charge < -0.3 is 10.6 Å². The molecule has 0 fully saturated rings. The Morgan fingerprint density at radius 3 is 2.52 bits per heavy atom. The van der Waals surface area contributed by atoms with Crippen LogP contribution in [0.2, 0.25) is 10.0 Å². The van der Waals surface area contributed by atoms with Gasteiger partial charge in [-0.25, -0.2) is 4.98 Å². The Kier molecular flexibility index (Phi) is 6.79. The lowest BCUT2D eigenvalue weighted by Gasteiger charge is -2.20. The van der Waals surface area contributed by atoms with Crippen LogP contribution >= 0.6 is 23.2 Å². The predicted octanol–water partition coefficient (Wildman–Crippen LogP) is 4.17. The highest BCUT2D eigenvalue weighted by Crippen LogP contribution is 2.21. The molecule has 2 aromatic rings. The summed E-state index contributed by atoms with van der Waals surface area (Å²) in [6.45, 7) is 3.95. The maximum atomic E-state index is 12.5. The molecule has 1 aromatic carbocycles. The zero-order valence-corrected chi connectivity index (χ0v) is 15.4. The standard InChI is InChI=1S/C18H19Cl2N3O2/c1-11(2)9-15(18(25)23-16-5-3-4-8-21-16)22-17(24)13-7-6-12(19)10-14(13)20/h3-8,10-11,15H,9H2,1-2H3,(H,22,24)(H,21,23,25)/t15-/m1/s1. The topological polar surface area (TPSA) is 71.1 Å². The van der Waals surface area contributed by atoms with Crippen molar-refractivity contribution in [3.63, 3.8) is 0 Å². The second-order valence-corrected chi connectivity index (χ2v) is 6.83. The minimum Gasteiger partial charge on any atom is -0.340 e. The fourth-order valence-corrected chi connectivity index (χ4v) is 2.76. The Morgan fingerprint density at radius 2 is 1.92 bits per heavy atom. The van der Waals surface area contributed by atoms with E-state index < -0.39 is 11.9 Å². The first-order valence-electron chi connectivity index (χ1n) is 7.84. The summed E-state index contributed by atoms with van der Waals surface area (Å²) >= 11 is 11.9. The average molecular weight is 380 g/mol. The van der Waals surface area contributed by atoms with E-state index in [1.54, 1.807) is 30.5 Å². The summed E-state index contributed by atoms with van der Waals surface area (Å²) in [5.74, 6) is -0.116. The first-order chi connectivity index (χ1) is 11.9. The summed E-state index contributed by atoms with van der Waals surface area (Å²) in [7, 11) is 0. The van der Waals surface area contributed by atoms with Crippen LogP contribution in [0.4, 0.5) is 5.82 Å². The largest absolute Gasteiger partial charge is 0.340 e. The molecule has 0 saturated carbocycles. The average Bonchev–Trinajstić information content (AvgIpc) is 2.54. The fraction of sp³-hybridized carbons (Fsp3) is 0.278. The molecule has 0 aliphatic heterocycles. The molecule has 0 aliphatic rings. The highest BCUT2D eigenvalue weighted by molar-refractivity contribution is 6.36. The van der Waals surface area contributed by atoms with Crippen molar-refractivity contribution in [2.24, 2.45) is 5.92 Å². The maximum absolute atomic E-state index is 12.5. The second-order valence-electron chi connectivity index (χ2n) is 5.98. The number of rotatable bonds is 6. The van der Waals surface area contributed by atoms with Gasteiger partial charge in [0.1, 0.15) is 11.9 Å². The zero-order valence-electron chi connectivity index (χ0n) is 13.9. The number of nitrogens with zero attached hydrogens (tertiary/aromatic N) is 1. The van der Waals surface area contributed by atoms with Gasteiger partial charge in [0.2, 0.25) is 5.91 Å². The minimum atomic E-state index is -0.707. The minimum absolute atomic E-state index is 0.209. The van der Waals surface area contributed by atoms with Crippen LogP contribution in [0.5, 0.6) is 0 Å². The Bertz CT molecular complexity index is 751. The maximum Gasteiger partial charge on any atom is 0.253 e. The van der Waals surface area contributed by atoms with Crippen molar-refractivity contribution in [3.8, 4) is 0 Å². The number of carbonyl (C=O) groups is 2. The molecule has 2 amide bonds. The third kappa shape index (κ3) is 5.73. The molecule has 0 aliphatic carbocycles. The predicted molar refractivity (Wildman–Crippen MR) is 100 cm³/mol. The van der Waals surface area contributed by atoms with E-state index in [1.807, 2.05) is 13.8 Å². The number of hydrogen-bond acceptors (Lipinski definition) is 3. The Morgan fingerprint density at radius 1 is 1.16 bits per heavy atom. The normalized spacial score (nSPS) is 11.9. The summed E-state index contributed by atoms with van der Waals surface area (Å²) in [4.78, 5) is 29.1. The van der Waals surface area contributed by atoms with Crippen LogP contribution in [0.1, 0.15) is 30.6 Å². The van der Waals surface area contributed by atoms with Gasteiger partial charge in [0.25, 0.3) is 5.91 Å². The zero-order chi connectivity index (χ0) is 18.4. The van der Waals surface area contributed by atoms with Crippen LogP contribution in [0.3, 0.4) is 0 Å². The van der Waals surface area contributed by atoms with Gasteiger partial charge in [-0.1, -0.05) is 43.1 Å². The highest BCUT2D eigenvalue weighted by Gasteiger charge is 2.24. The molecule has 0 bridgehead atoms. The monoisotopic (exact) mass is 379 g/mol. The van der Waals surface area contributed by atoms with E-state index in [0.29, 0.717) is 17.3 Å². The van der Waals surface area contributed by atoms with Crippen LogP contribution in [0, 0.1) is 5.92 Å². The van der Waals surface area contributed by atoms with E-state index in [1.165, 1.54) is 12.1 Å². The molecule has 1 aromatic heterocycles. The van der Waals surface area contributed by atoms with Crippen molar-refractivity contribution >= 4 is 40.8 Å². The Balaban J connectivity index is 2.13. The van der Waals surface area contributed by atoms with Crippen molar-refractivity contribution in [2.45, 2.75) is 26.3 Å². The van der Waals surface area contributed by atoms with Crippen LogP contribution in [-0.4, -0.2) is 22.8 Å². The van der Waals surface area contributed by atoms with Gasteiger partial charge in [0, 0.05) is 11.2 Å². The molecule has 0 spiro atoms. The van der Waals surface area contributed by atoms with Gasteiger partial charge in [-0.3, -0.25) is 9.59 Å². The van der Waals surface area contributed by atoms with Crippen molar-refractivity contribution in [1.82, 2.24) is 10.3 Å². The van der Waals surface area contributed by atoms with E-state index in [0.717, 1.165) is 0 Å². The third-order valence-corrected chi connectivity index (χ3v) is 3.97. The first kappa shape index (κ1) is 19.2. The van der Waals surface area contributed by atoms with E-state index in [-0.39, 0.29) is 22.4 Å². The molecule has 0 unspecified atom stereocenters. The van der Waals surface area contributed by atoms with E-state index in [9.17, 15) is 9.59 Å².